The second kappa shape index (κ2) is 7.69. The van der Waals surface area contributed by atoms with E-state index in [2.05, 4.69) is 22.8 Å². The molecule has 0 spiro atoms. The first kappa shape index (κ1) is 18.0. The van der Waals surface area contributed by atoms with Gasteiger partial charge in [0.1, 0.15) is 11.3 Å². The van der Waals surface area contributed by atoms with Crippen molar-refractivity contribution in [1.82, 2.24) is 10.6 Å². The van der Waals surface area contributed by atoms with Gasteiger partial charge < -0.3 is 15.1 Å². The molecule has 5 nitrogen and oxygen atoms in total. The maximum Gasteiger partial charge on any atom is 0.349 e. The van der Waals surface area contributed by atoms with Crippen LogP contribution in [0, 0.1) is 6.92 Å². The van der Waals surface area contributed by atoms with Crippen LogP contribution in [0.25, 0.3) is 0 Å². The Morgan fingerprint density at radius 1 is 1.22 bits per heavy atom. The lowest BCUT2D eigenvalue weighted by molar-refractivity contribution is 0.0926. The Balaban J connectivity index is 1.39. The molecule has 2 N–H and O–H groups in total. The molecule has 1 aromatic carbocycles. The lowest BCUT2D eigenvalue weighted by Crippen LogP contribution is -2.44. The number of rotatable bonds is 6. The first-order chi connectivity index (χ1) is 13.1. The molecule has 3 atom stereocenters. The third-order valence-electron chi connectivity index (χ3n) is 5.77. The number of benzene rings is 1. The SMILES string of the molecule is Cc1cc(CCCc2ccccc2)oc(=O)c1C(=O)N[C@H]1C[C@H]2CC[C@@H]1N2. The molecule has 2 fully saturated rings. The molecular weight excluding hydrogens is 340 g/mol. The van der Waals surface area contributed by atoms with E-state index in [1.807, 2.05) is 31.2 Å². The van der Waals surface area contributed by atoms with Crippen molar-refractivity contribution in [2.45, 2.75) is 63.6 Å². The summed E-state index contributed by atoms with van der Waals surface area (Å²) in [5.41, 5.74) is 1.57. The van der Waals surface area contributed by atoms with Crippen LogP contribution < -0.4 is 16.3 Å². The smallest absolute Gasteiger partial charge is 0.349 e. The van der Waals surface area contributed by atoms with Gasteiger partial charge in [-0.25, -0.2) is 4.79 Å². The normalized spacial score (nSPS) is 23.5. The minimum absolute atomic E-state index is 0.112. The van der Waals surface area contributed by atoms with Gasteiger partial charge in [0, 0.05) is 24.5 Å². The van der Waals surface area contributed by atoms with Crippen LogP contribution in [-0.4, -0.2) is 24.0 Å². The van der Waals surface area contributed by atoms with Gasteiger partial charge in [-0.3, -0.25) is 4.79 Å². The summed E-state index contributed by atoms with van der Waals surface area (Å²) in [5, 5.41) is 6.52. The van der Waals surface area contributed by atoms with Crippen LogP contribution in [-0.2, 0) is 12.8 Å². The Labute approximate surface area is 159 Å². The average Bonchev–Trinajstić information content (AvgIpc) is 3.25. The first-order valence-electron chi connectivity index (χ1n) is 9.84. The van der Waals surface area contributed by atoms with Crippen molar-refractivity contribution in [2.24, 2.45) is 0 Å². The number of amides is 1. The monoisotopic (exact) mass is 366 g/mol. The second-order valence-electron chi connectivity index (χ2n) is 7.76. The Morgan fingerprint density at radius 3 is 2.70 bits per heavy atom. The number of nitrogens with one attached hydrogen (secondary N) is 2. The van der Waals surface area contributed by atoms with Crippen molar-refractivity contribution >= 4 is 5.91 Å². The zero-order valence-corrected chi connectivity index (χ0v) is 15.7. The van der Waals surface area contributed by atoms with Gasteiger partial charge in [-0.1, -0.05) is 30.3 Å². The van der Waals surface area contributed by atoms with E-state index in [-0.39, 0.29) is 17.5 Å². The largest absolute Gasteiger partial charge is 0.427 e. The van der Waals surface area contributed by atoms with Crippen molar-refractivity contribution in [3.05, 3.63) is 69.3 Å². The van der Waals surface area contributed by atoms with Crippen LogP contribution in [0.5, 0.6) is 0 Å². The average molecular weight is 366 g/mol. The highest BCUT2D eigenvalue weighted by Crippen LogP contribution is 2.28. The number of fused-ring (bicyclic) bond motifs is 2. The zero-order chi connectivity index (χ0) is 18.8. The molecule has 2 aliphatic heterocycles. The number of carbonyl (C=O) groups is 1. The van der Waals surface area contributed by atoms with E-state index in [4.69, 9.17) is 4.42 Å². The zero-order valence-electron chi connectivity index (χ0n) is 15.7. The minimum Gasteiger partial charge on any atom is -0.427 e. The van der Waals surface area contributed by atoms with Crippen LogP contribution in [0.2, 0.25) is 0 Å². The first-order valence-corrected chi connectivity index (χ1v) is 9.84. The molecule has 2 saturated heterocycles. The van der Waals surface area contributed by atoms with Crippen LogP contribution in [0.3, 0.4) is 0 Å². The molecule has 1 aromatic heterocycles. The molecule has 4 rings (SSSR count). The molecule has 2 aliphatic rings. The Hall–Kier alpha value is -2.40. The number of aryl methyl sites for hydroxylation is 3. The highest BCUT2D eigenvalue weighted by molar-refractivity contribution is 5.95. The van der Waals surface area contributed by atoms with E-state index >= 15 is 0 Å². The highest BCUT2D eigenvalue weighted by atomic mass is 16.4. The van der Waals surface area contributed by atoms with Crippen molar-refractivity contribution in [3.63, 3.8) is 0 Å². The van der Waals surface area contributed by atoms with E-state index in [1.54, 1.807) is 0 Å². The molecule has 5 heteroatoms. The summed E-state index contributed by atoms with van der Waals surface area (Å²) in [4.78, 5) is 25.1. The maximum atomic E-state index is 12.6. The van der Waals surface area contributed by atoms with Gasteiger partial charge in [0.05, 0.1) is 0 Å². The van der Waals surface area contributed by atoms with E-state index in [0.29, 0.717) is 29.8 Å². The van der Waals surface area contributed by atoms with E-state index < -0.39 is 5.63 Å². The molecule has 3 heterocycles. The number of carbonyl (C=O) groups excluding carboxylic acids is 1. The maximum absolute atomic E-state index is 12.6. The fourth-order valence-electron chi connectivity index (χ4n) is 4.40. The lowest BCUT2D eigenvalue weighted by Gasteiger charge is -2.21. The molecule has 0 aliphatic carbocycles. The molecule has 0 saturated carbocycles. The van der Waals surface area contributed by atoms with E-state index in [1.165, 1.54) is 12.0 Å². The standard InChI is InChI=1S/C22H26N2O3/c1-14-12-17(9-5-8-15-6-3-2-4-7-15)27-22(26)20(14)21(25)24-19-13-16-10-11-18(19)23-16/h2-4,6-7,12,16,18-19,23H,5,8-11,13H2,1H3,(H,24,25)/t16-,18+,19+/m1/s1. The predicted molar refractivity (Wildman–Crippen MR) is 104 cm³/mol. The number of hydrogen-bond acceptors (Lipinski definition) is 4. The van der Waals surface area contributed by atoms with E-state index in [9.17, 15) is 9.59 Å². The van der Waals surface area contributed by atoms with Crippen molar-refractivity contribution in [1.29, 1.82) is 0 Å². The fourth-order valence-corrected chi connectivity index (χ4v) is 4.40. The Kier molecular flexibility index (Phi) is 5.12. The lowest BCUT2D eigenvalue weighted by atomic mass is 9.95. The van der Waals surface area contributed by atoms with Crippen LogP contribution in [0.1, 0.15) is 52.9 Å². The van der Waals surface area contributed by atoms with Gasteiger partial charge in [-0.05, 0) is 56.2 Å². The summed E-state index contributed by atoms with van der Waals surface area (Å²) in [5.74, 6) is 0.336. The van der Waals surface area contributed by atoms with Crippen LogP contribution in [0.4, 0.5) is 0 Å². The molecule has 2 bridgehead atoms. The van der Waals surface area contributed by atoms with Crippen molar-refractivity contribution in [2.75, 3.05) is 0 Å². The Bertz CT molecular complexity index is 875. The molecule has 1 amide bonds. The predicted octanol–water partition coefficient (Wildman–Crippen LogP) is 2.75. The molecular formula is C22H26N2O3. The van der Waals surface area contributed by atoms with Crippen molar-refractivity contribution in [3.8, 4) is 0 Å². The summed E-state index contributed by atoms with van der Waals surface area (Å²) in [6, 6.07) is 13.0. The molecule has 27 heavy (non-hydrogen) atoms. The van der Waals surface area contributed by atoms with E-state index in [0.717, 1.165) is 25.7 Å². The van der Waals surface area contributed by atoms with Crippen LogP contribution >= 0.6 is 0 Å². The number of hydrogen-bond donors (Lipinski definition) is 2. The van der Waals surface area contributed by atoms with Gasteiger partial charge in [-0.2, -0.15) is 0 Å². The Morgan fingerprint density at radius 2 is 2.04 bits per heavy atom. The highest BCUT2D eigenvalue weighted by Gasteiger charge is 2.40. The van der Waals surface area contributed by atoms with Gasteiger partial charge in [0.2, 0.25) is 0 Å². The third kappa shape index (κ3) is 3.98. The summed E-state index contributed by atoms with van der Waals surface area (Å²) in [7, 11) is 0. The van der Waals surface area contributed by atoms with Gasteiger partial charge in [0.15, 0.2) is 0 Å². The minimum atomic E-state index is -0.529. The fraction of sp³-hybridized carbons (Fsp3) is 0.455. The topological polar surface area (TPSA) is 71.3 Å². The van der Waals surface area contributed by atoms with Crippen LogP contribution in [0.15, 0.2) is 45.6 Å². The summed E-state index contributed by atoms with van der Waals surface area (Å²) in [6.07, 6.45) is 5.72. The third-order valence-corrected chi connectivity index (χ3v) is 5.77. The summed E-state index contributed by atoms with van der Waals surface area (Å²) < 4.78 is 5.44. The molecule has 2 aromatic rings. The molecule has 0 unspecified atom stereocenters. The van der Waals surface area contributed by atoms with Gasteiger partial charge in [0.25, 0.3) is 5.91 Å². The quantitative estimate of drug-likeness (QED) is 0.825. The summed E-state index contributed by atoms with van der Waals surface area (Å²) >= 11 is 0. The summed E-state index contributed by atoms with van der Waals surface area (Å²) in [6.45, 7) is 1.81. The second-order valence-corrected chi connectivity index (χ2v) is 7.76. The molecule has 0 radical (unpaired) electrons. The van der Waals surface area contributed by atoms with Crippen molar-refractivity contribution < 1.29 is 9.21 Å². The molecule has 142 valence electrons. The van der Waals surface area contributed by atoms with Gasteiger partial charge >= 0.3 is 5.63 Å². The van der Waals surface area contributed by atoms with Gasteiger partial charge in [-0.15, -0.1) is 0 Å².